The highest BCUT2D eigenvalue weighted by molar-refractivity contribution is 9.10. The number of hydrogen-bond acceptors (Lipinski definition) is 4. The topological polar surface area (TPSA) is 64.9 Å². The first-order chi connectivity index (χ1) is 13.2. The minimum absolute atomic E-state index is 0.000322. The van der Waals surface area contributed by atoms with Crippen LogP contribution in [0, 0.1) is 0 Å². The summed E-state index contributed by atoms with van der Waals surface area (Å²) < 4.78 is 14.2. The van der Waals surface area contributed by atoms with Crippen LogP contribution < -0.4 is 14.8 Å². The molecule has 1 amide bonds. The van der Waals surface area contributed by atoms with Gasteiger partial charge in [0.15, 0.2) is 11.5 Å². The maximum Gasteiger partial charge on any atom is 0.220 e. The van der Waals surface area contributed by atoms with E-state index in [-0.39, 0.29) is 5.91 Å². The van der Waals surface area contributed by atoms with E-state index >= 15 is 0 Å². The van der Waals surface area contributed by atoms with E-state index in [9.17, 15) is 4.79 Å². The lowest BCUT2D eigenvalue weighted by molar-refractivity contribution is -0.121. The SMILES string of the molecule is O=C(CCc1ccc2c(c1)OCCCO2)NCc1cn2cc(Br)ccc2n1. The van der Waals surface area contributed by atoms with Crippen LogP contribution in [-0.4, -0.2) is 28.5 Å². The molecule has 0 saturated heterocycles. The Morgan fingerprint density at radius 1 is 1.15 bits per heavy atom. The second-order valence-electron chi connectivity index (χ2n) is 6.45. The molecule has 0 radical (unpaired) electrons. The van der Waals surface area contributed by atoms with Gasteiger partial charge in [-0.2, -0.15) is 0 Å². The van der Waals surface area contributed by atoms with Crippen molar-refractivity contribution >= 4 is 27.5 Å². The number of fused-ring (bicyclic) bond motifs is 2. The van der Waals surface area contributed by atoms with Gasteiger partial charge in [0.1, 0.15) is 5.65 Å². The van der Waals surface area contributed by atoms with E-state index < -0.39 is 0 Å². The van der Waals surface area contributed by atoms with Gasteiger partial charge in [-0.15, -0.1) is 0 Å². The first-order valence-corrected chi connectivity index (χ1v) is 9.75. The normalized spacial score (nSPS) is 13.4. The largest absolute Gasteiger partial charge is 0.490 e. The Morgan fingerprint density at radius 2 is 2.00 bits per heavy atom. The van der Waals surface area contributed by atoms with E-state index in [1.54, 1.807) is 0 Å². The molecule has 0 saturated carbocycles. The number of aromatic nitrogens is 2. The van der Waals surface area contributed by atoms with Gasteiger partial charge >= 0.3 is 0 Å². The molecule has 1 aliphatic heterocycles. The number of hydrogen-bond donors (Lipinski definition) is 1. The molecule has 0 spiro atoms. The van der Waals surface area contributed by atoms with Crippen molar-refractivity contribution in [3.63, 3.8) is 0 Å². The Balaban J connectivity index is 1.31. The third-order valence-electron chi connectivity index (χ3n) is 4.38. The van der Waals surface area contributed by atoms with Crippen LogP contribution in [0.2, 0.25) is 0 Å². The van der Waals surface area contributed by atoms with Gasteiger partial charge < -0.3 is 19.2 Å². The van der Waals surface area contributed by atoms with E-state index in [1.807, 2.05) is 47.1 Å². The number of carbonyl (C=O) groups is 1. The van der Waals surface area contributed by atoms with Gasteiger partial charge in [-0.3, -0.25) is 4.79 Å². The molecule has 4 rings (SSSR count). The fourth-order valence-electron chi connectivity index (χ4n) is 3.00. The predicted octanol–water partition coefficient (Wildman–Crippen LogP) is 3.51. The van der Waals surface area contributed by atoms with Crippen molar-refractivity contribution < 1.29 is 14.3 Å². The van der Waals surface area contributed by atoms with Crippen LogP contribution in [0.1, 0.15) is 24.1 Å². The molecule has 3 aromatic rings. The predicted molar refractivity (Wildman–Crippen MR) is 105 cm³/mol. The molecule has 1 aromatic carbocycles. The van der Waals surface area contributed by atoms with Crippen LogP contribution in [-0.2, 0) is 17.8 Å². The summed E-state index contributed by atoms with van der Waals surface area (Å²) in [5, 5.41) is 2.93. The number of halogens is 1. The van der Waals surface area contributed by atoms with Crippen molar-refractivity contribution in [2.24, 2.45) is 0 Å². The van der Waals surface area contributed by atoms with Gasteiger partial charge in [-0.25, -0.2) is 4.98 Å². The molecule has 1 aliphatic rings. The van der Waals surface area contributed by atoms with Crippen LogP contribution in [0.3, 0.4) is 0 Å². The van der Waals surface area contributed by atoms with Gasteiger partial charge in [0.25, 0.3) is 0 Å². The number of benzene rings is 1. The Labute approximate surface area is 165 Å². The smallest absolute Gasteiger partial charge is 0.220 e. The Kier molecular flexibility index (Phi) is 5.29. The van der Waals surface area contributed by atoms with Crippen LogP contribution in [0.15, 0.2) is 47.2 Å². The molecule has 140 valence electrons. The summed E-state index contributed by atoms with van der Waals surface area (Å²) in [7, 11) is 0. The third kappa shape index (κ3) is 4.42. The summed E-state index contributed by atoms with van der Waals surface area (Å²) in [6, 6.07) is 9.75. The number of nitrogens with zero attached hydrogens (tertiary/aromatic N) is 2. The third-order valence-corrected chi connectivity index (χ3v) is 4.85. The minimum Gasteiger partial charge on any atom is -0.490 e. The number of aryl methyl sites for hydroxylation is 1. The Bertz CT molecular complexity index is 970. The first-order valence-electron chi connectivity index (χ1n) is 8.96. The van der Waals surface area contributed by atoms with Crippen molar-refractivity contribution in [3.05, 3.63) is 58.5 Å². The minimum atomic E-state index is 0.000322. The second kappa shape index (κ2) is 8.00. The molecule has 0 atom stereocenters. The number of pyridine rings is 1. The Morgan fingerprint density at radius 3 is 2.89 bits per heavy atom. The zero-order chi connectivity index (χ0) is 18.6. The second-order valence-corrected chi connectivity index (χ2v) is 7.37. The molecule has 0 unspecified atom stereocenters. The highest BCUT2D eigenvalue weighted by atomic mass is 79.9. The zero-order valence-electron chi connectivity index (χ0n) is 14.8. The average Bonchev–Trinajstić information content (AvgIpc) is 2.92. The maximum atomic E-state index is 12.2. The number of nitrogens with one attached hydrogen (secondary N) is 1. The van der Waals surface area contributed by atoms with Crippen LogP contribution in [0.25, 0.3) is 5.65 Å². The fourth-order valence-corrected chi connectivity index (χ4v) is 3.35. The van der Waals surface area contributed by atoms with Gasteiger partial charge in [-0.05, 0) is 52.2 Å². The van der Waals surface area contributed by atoms with Crippen molar-refractivity contribution in [1.82, 2.24) is 14.7 Å². The number of rotatable bonds is 5. The number of ether oxygens (including phenoxy) is 2. The van der Waals surface area contributed by atoms with Crippen molar-refractivity contribution in [3.8, 4) is 11.5 Å². The maximum absolute atomic E-state index is 12.2. The first kappa shape index (κ1) is 17.9. The summed E-state index contributed by atoms with van der Waals surface area (Å²) in [6.07, 6.45) is 5.81. The van der Waals surface area contributed by atoms with Gasteiger partial charge in [0.2, 0.25) is 5.91 Å². The lowest BCUT2D eigenvalue weighted by Gasteiger charge is -2.09. The molecule has 0 bridgehead atoms. The van der Waals surface area contributed by atoms with Gasteiger partial charge in [-0.1, -0.05) is 6.07 Å². The highest BCUT2D eigenvalue weighted by Crippen LogP contribution is 2.30. The van der Waals surface area contributed by atoms with Crippen LogP contribution in [0.5, 0.6) is 11.5 Å². The van der Waals surface area contributed by atoms with Gasteiger partial charge in [0.05, 0.1) is 25.5 Å². The van der Waals surface area contributed by atoms with E-state index in [4.69, 9.17) is 9.47 Å². The number of amides is 1. The van der Waals surface area contributed by atoms with Crippen molar-refractivity contribution in [2.75, 3.05) is 13.2 Å². The summed E-state index contributed by atoms with van der Waals surface area (Å²) in [5.41, 5.74) is 2.75. The molecule has 0 fully saturated rings. The molecule has 2 aromatic heterocycles. The molecular formula is C20H20BrN3O3. The quantitative estimate of drug-likeness (QED) is 0.673. The van der Waals surface area contributed by atoms with Crippen LogP contribution >= 0.6 is 15.9 Å². The van der Waals surface area contributed by atoms with Crippen molar-refractivity contribution in [1.29, 1.82) is 0 Å². The van der Waals surface area contributed by atoms with E-state index in [0.29, 0.717) is 32.6 Å². The zero-order valence-corrected chi connectivity index (χ0v) is 16.4. The standard InChI is InChI=1S/C20H20BrN3O3/c21-15-4-6-19-23-16(13-24(19)12-15)11-22-20(25)7-3-14-2-5-17-18(10-14)27-9-1-8-26-17/h2,4-6,10,12-13H,1,3,7-9,11H2,(H,22,25). The van der Waals surface area contributed by atoms with E-state index in [0.717, 1.165) is 39.3 Å². The fraction of sp³-hybridized carbons (Fsp3) is 0.300. The summed E-state index contributed by atoms with van der Waals surface area (Å²) >= 11 is 3.44. The monoisotopic (exact) mass is 429 g/mol. The summed E-state index contributed by atoms with van der Waals surface area (Å²) in [4.78, 5) is 16.7. The molecule has 3 heterocycles. The van der Waals surface area contributed by atoms with E-state index in [1.165, 1.54) is 0 Å². The van der Waals surface area contributed by atoms with Gasteiger partial charge in [0, 0.05) is 29.7 Å². The highest BCUT2D eigenvalue weighted by Gasteiger charge is 2.11. The molecule has 0 aliphatic carbocycles. The Hall–Kier alpha value is -2.54. The number of imidazole rings is 1. The molecule has 6 nitrogen and oxygen atoms in total. The molecule has 7 heteroatoms. The lowest BCUT2D eigenvalue weighted by atomic mass is 10.1. The van der Waals surface area contributed by atoms with Crippen LogP contribution in [0.4, 0.5) is 0 Å². The lowest BCUT2D eigenvalue weighted by Crippen LogP contribution is -2.23. The summed E-state index contributed by atoms with van der Waals surface area (Å²) in [6.45, 7) is 1.75. The molecular weight excluding hydrogens is 410 g/mol. The average molecular weight is 430 g/mol. The van der Waals surface area contributed by atoms with Crippen molar-refractivity contribution in [2.45, 2.75) is 25.8 Å². The summed E-state index contributed by atoms with van der Waals surface area (Å²) in [5.74, 6) is 1.54. The molecule has 27 heavy (non-hydrogen) atoms. The van der Waals surface area contributed by atoms with E-state index in [2.05, 4.69) is 26.2 Å². The number of carbonyl (C=O) groups excluding carboxylic acids is 1. The molecule has 1 N–H and O–H groups in total.